The lowest BCUT2D eigenvalue weighted by Gasteiger charge is -2.32. The molecule has 1 aromatic carbocycles. The summed E-state index contributed by atoms with van der Waals surface area (Å²) in [7, 11) is 3.79. The molecular formula is C13H19NO2. The summed E-state index contributed by atoms with van der Waals surface area (Å²) in [6, 6.07) is 4.70. The van der Waals surface area contributed by atoms with Gasteiger partial charge in [-0.2, -0.15) is 0 Å². The summed E-state index contributed by atoms with van der Waals surface area (Å²) in [6.45, 7) is 3.23. The third kappa shape index (κ3) is 1.93. The van der Waals surface area contributed by atoms with Crippen molar-refractivity contribution in [3.8, 4) is 5.75 Å². The lowest BCUT2D eigenvalue weighted by molar-refractivity contribution is 0.229. The number of hydrogen-bond donors (Lipinski definition) is 1. The van der Waals surface area contributed by atoms with Crippen LogP contribution >= 0.6 is 0 Å². The molecule has 1 heterocycles. The highest BCUT2D eigenvalue weighted by atomic mass is 16.5. The van der Waals surface area contributed by atoms with E-state index >= 15 is 0 Å². The van der Waals surface area contributed by atoms with Gasteiger partial charge in [0.15, 0.2) is 0 Å². The van der Waals surface area contributed by atoms with Crippen LogP contribution in [0, 0.1) is 0 Å². The van der Waals surface area contributed by atoms with Gasteiger partial charge in [0, 0.05) is 18.2 Å². The Morgan fingerprint density at radius 1 is 1.44 bits per heavy atom. The van der Waals surface area contributed by atoms with Gasteiger partial charge in [-0.05, 0) is 43.7 Å². The van der Waals surface area contributed by atoms with Crippen molar-refractivity contribution in [1.82, 2.24) is 4.90 Å². The van der Waals surface area contributed by atoms with Crippen LogP contribution in [0.2, 0.25) is 0 Å². The fraction of sp³-hybridized carbons (Fsp3) is 0.538. The van der Waals surface area contributed by atoms with E-state index < -0.39 is 0 Å². The van der Waals surface area contributed by atoms with Gasteiger partial charge in [-0.25, -0.2) is 0 Å². The largest absolute Gasteiger partial charge is 0.496 e. The number of likely N-dealkylation sites (N-methyl/N-ethyl adjacent to an activating group) is 1. The highest BCUT2D eigenvalue weighted by molar-refractivity contribution is 5.43. The van der Waals surface area contributed by atoms with E-state index in [1.54, 1.807) is 7.11 Å². The van der Waals surface area contributed by atoms with Gasteiger partial charge in [-0.3, -0.25) is 4.90 Å². The summed E-state index contributed by atoms with van der Waals surface area (Å²) >= 11 is 0. The second-order valence-electron chi connectivity index (χ2n) is 4.56. The van der Waals surface area contributed by atoms with E-state index in [1.165, 1.54) is 11.1 Å². The minimum absolute atomic E-state index is 0.0423. The van der Waals surface area contributed by atoms with Crippen LogP contribution < -0.4 is 4.74 Å². The molecule has 1 aliphatic rings. The molecule has 1 aromatic rings. The van der Waals surface area contributed by atoms with Crippen LogP contribution in [0.4, 0.5) is 0 Å². The highest BCUT2D eigenvalue weighted by Crippen LogP contribution is 2.29. The molecule has 0 saturated heterocycles. The zero-order valence-electron chi connectivity index (χ0n) is 10.2. The number of benzene rings is 1. The lowest BCUT2D eigenvalue weighted by atomic mass is 9.93. The molecule has 0 aromatic heterocycles. The number of aliphatic hydroxyl groups excluding tert-OH is 1. The van der Waals surface area contributed by atoms with Crippen molar-refractivity contribution in [2.45, 2.75) is 32.5 Å². The average molecular weight is 221 g/mol. The van der Waals surface area contributed by atoms with E-state index in [2.05, 4.69) is 31.0 Å². The molecule has 1 atom stereocenters. The number of methoxy groups -OCH3 is 1. The Hall–Kier alpha value is -1.06. The van der Waals surface area contributed by atoms with E-state index in [-0.39, 0.29) is 6.61 Å². The Morgan fingerprint density at radius 3 is 2.81 bits per heavy atom. The first-order chi connectivity index (χ1) is 7.65. The maximum Gasteiger partial charge on any atom is 0.124 e. The van der Waals surface area contributed by atoms with Crippen LogP contribution in [0.3, 0.4) is 0 Å². The molecule has 3 nitrogen and oxygen atoms in total. The van der Waals surface area contributed by atoms with Gasteiger partial charge in [0.25, 0.3) is 0 Å². The summed E-state index contributed by atoms with van der Waals surface area (Å²) in [5.74, 6) is 0.796. The van der Waals surface area contributed by atoms with Gasteiger partial charge in [0.05, 0.1) is 13.7 Å². The molecule has 1 unspecified atom stereocenters. The van der Waals surface area contributed by atoms with Gasteiger partial charge in [0.2, 0.25) is 0 Å². The molecule has 0 fully saturated rings. The maximum absolute atomic E-state index is 9.28. The van der Waals surface area contributed by atoms with Crippen molar-refractivity contribution in [2.24, 2.45) is 0 Å². The number of rotatable bonds is 2. The number of ether oxygens (including phenoxy) is 1. The number of fused-ring (bicyclic) bond motifs is 1. The van der Waals surface area contributed by atoms with Crippen LogP contribution in [-0.2, 0) is 19.6 Å². The van der Waals surface area contributed by atoms with Crippen LogP contribution in [-0.4, -0.2) is 30.2 Å². The van der Waals surface area contributed by atoms with Gasteiger partial charge in [-0.15, -0.1) is 0 Å². The van der Waals surface area contributed by atoms with Crippen molar-refractivity contribution in [2.75, 3.05) is 14.2 Å². The summed E-state index contributed by atoms with van der Waals surface area (Å²) in [5.41, 5.74) is 3.54. The number of hydrogen-bond acceptors (Lipinski definition) is 3. The summed E-state index contributed by atoms with van der Waals surface area (Å²) in [4.78, 5) is 2.33. The number of nitrogens with zero attached hydrogens (tertiary/aromatic N) is 1. The third-order valence-corrected chi connectivity index (χ3v) is 3.46. The van der Waals surface area contributed by atoms with Crippen LogP contribution in [0.25, 0.3) is 0 Å². The Labute approximate surface area is 96.6 Å². The molecule has 0 spiro atoms. The molecule has 0 bridgehead atoms. The minimum Gasteiger partial charge on any atom is -0.496 e. The maximum atomic E-state index is 9.28. The molecule has 88 valence electrons. The Kier molecular flexibility index (Phi) is 3.17. The van der Waals surface area contributed by atoms with E-state index in [9.17, 15) is 5.11 Å². The van der Waals surface area contributed by atoms with Crippen molar-refractivity contribution in [3.63, 3.8) is 0 Å². The van der Waals surface area contributed by atoms with Crippen LogP contribution in [0.1, 0.15) is 23.6 Å². The minimum atomic E-state index is 0.0423. The van der Waals surface area contributed by atoms with Crippen molar-refractivity contribution in [1.29, 1.82) is 0 Å². The molecule has 0 saturated carbocycles. The van der Waals surface area contributed by atoms with Crippen LogP contribution in [0.15, 0.2) is 12.1 Å². The van der Waals surface area contributed by atoms with Crippen molar-refractivity contribution < 1.29 is 9.84 Å². The average Bonchev–Trinajstić information content (AvgIpc) is 2.29. The summed E-state index contributed by atoms with van der Waals surface area (Å²) in [6.07, 6.45) is 1.04. The molecule has 0 aliphatic carbocycles. The van der Waals surface area contributed by atoms with E-state index in [0.717, 1.165) is 24.3 Å². The van der Waals surface area contributed by atoms with Gasteiger partial charge >= 0.3 is 0 Å². The first-order valence-electron chi connectivity index (χ1n) is 5.65. The Morgan fingerprint density at radius 2 is 2.19 bits per heavy atom. The van der Waals surface area contributed by atoms with E-state index in [4.69, 9.17) is 4.74 Å². The topological polar surface area (TPSA) is 32.7 Å². The van der Waals surface area contributed by atoms with Gasteiger partial charge in [-0.1, -0.05) is 0 Å². The number of aliphatic hydroxyl groups is 1. The smallest absolute Gasteiger partial charge is 0.124 e. The molecule has 2 rings (SSSR count). The molecule has 0 amide bonds. The highest BCUT2D eigenvalue weighted by Gasteiger charge is 2.21. The predicted octanol–water partition coefficient (Wildman–Crippen LogP) is 1.56. The summed E-state index contributed by atoms with van der Waals surface area (Å²) < 4.78 is 5.29. The first kappa shape index (κ1) is 11.4. The normalized spacial score (nSPS) is 20.6. The monoisotopic (exact) mass is 221 g/mol. The zero-order chi connectivity index (χ0) is 11.7. The second kappa shape index (κ2) is 4.44. The molecule has 1 aliphatic heterocycles. The quantitative estimate of drug-likeness (QED) is 0.822. The van der Waals surface area contributed by atoms with Crippen molar-refractivity contribution >= 4 is 0 Å². The second-order valence-corrected chi connectivity index (χ2v) is 4.56. The Balaban J connectivity index is 2.41. The van der Waals surface area contributed by atoms with Gasteiger partial charge in [0.1, 0.15) is 5.75 Å². The molecular weight excluding hydrogens is 202 g/mol. The lowest BCUT2D eigenvalue weighted by Crippen LogP contribution is -2.35. The first-order valence-corrected chi connectivity index (χ1v) is 5.65. The third-order valence-electron chi connectivity index (χ3n) is 3.46. The summed E-state index contributed by atoms with van der Waals surface area (Å²) in [5, 5.41) is 9.28. The van der Waals surface area contributed by atoms with E-state index in [1.807, 2.05) is 0 Å². The fourth-order valence-corrected chi connectivity index (χ4v) is 2.27. The molecule has 16 heavy (non-hydrogen) atoms. The van der Waals surface area contributed by atoms with Gasteiger partial charge < -0.3 is 9.84 Å². The predicted molar refractivity (Wildman–Crippen MR) is 63.5 cm³/mol. The zero-order valence-corrected chi connectivity index (χ0v) is 10.2. The fourth-order valence-electron chi connectivity index (χ4n) is 2.27. The molecule has 3 heteroatoms. The molecule has 1 N–H and O–H groups in total. The standard InChI is InChI=1S/C13H19NO2/c1-9-4-10-5-12(8-15)13(16-3)6-11(10)7-14(9)2/h5-6,9,15H,4,7-8H2,1-3H3. The van der Waals surface area contributed by atoms with Crippen molar-refractivity contribution in [3.05, 3.63) is 28.8 Å². The van der Waals surface area contributed by atoms with E-state index in [0.29, 0.717) is 6.04 Å². The Bertz CT molecular complexity index is 353. The van der Waals surface area contributed by atoms with Crippen LogP contribution in [0.5, 0.6) is 5.75 Å². The molecule has 0 radical (unpaired) electrons. The SMILES string of the molecule is COc1cc2c(cc1CO)CC(C)N(C)C2.